The molecule has 2 rings (SSSR count). The van der Waals surface area contributed by atoms with Gasteiger partial charge in [0.05, 0.1) is 7.11 Å². The summed E-state index contributed by atoms with van der Waals surface area (Å²) >= 11 is 0. The summed E-state index contributed by atoms with van der Waals surface area (Å²) in [4.78, 5) is 10.1. The molecule has 5 nitrogen and oxygen atoms in total. The molecule has 0 fully saturated rings. The molecule has 1 heterocycles. The maximum atomic E-state index is 12.3. The molecule has 1 aliphatic rings. The number of benzene rings is 1. The fraction of sp³-hybridized carbons (Fsp3) is 0.500. The Labute approximate surface area is 107 Å². The van der Waals surface area contributed by atoms with E-state index in [1.807, 2.05) is 6.92 Å². The van der Waals surface area contributed by atoms with Crippen molar-refractivity contribution in [2.75, 3.05) is 13.7 Å². The van der Waals surface area contributed by atoms with Crippen LogP contribution in [-0.4, -0.2) is 18.5 Å². The van der Waals surface area contributed by atoms with Crippen LogP contribution in [0.25, 0.3) is 0 Å². The highest BCUT2D eigenvalue weighted by Crippen LogP contribution is 2.66. The highest BCUT2D eigenvalue weighted by molar-refractivity contribution is 7.54. The van der Waals surface area contributed by atoms with Crippen LogP contribution in [0.1, 0.15) is 25.8 Å². The molecule has 0 saturated carbocycles. The van der Waals surface area contributed by atoms with Gasteiger partial charge in [-0.25, -0.2) is 4.57 Å². The van der Waals surface area contributed by atoms with Gasteiger partial charge in [-0.15, -0.1) is 0 Å². The summed E-state index contributed by atoms with van der Waals surface area (Å²) in [5.41, 5.74) is 0.697. The smallest absolute Gasteiger partial charge is 0.400 e. The van der Waals surface area contributed by atoms with Gasteiger partial charge in [0.1, 0.15) is 11.5 Å². The number of nitrogens with one attached hydrogen (secondary N) is 1. The Morgan fingerprint density at radius 3 is 2.89 bits per heavy atom. The largest absolute Gasteiger partial charge is 0.497 e. The SMILES string of the molecule is CCCNC1(C)c2ccc(OC)cc2OP1(=O)O. The Hall–Kier alpha value is -1.03. The van der Waals surface area contributed by atoms with E-state index in [-0.39, 0.29) is 0 Å². The number of hydrogen-bond donors (Lipinski definition) is 2. The summed E-state index contributed by atoms with van der Waals surface area (Å²) in [6, 6.07) is 5.17. The zero-order chi connectivity index (χ0) is 13.4. The van der Waals surface area contributed by atoms with Gasteiger partial charge in [-0.3, -0.25) is 5.32 Å². The second-order valence-corrected chi connectivity index (χ2v) is 6.59. The molecule has 0 saturated heterocycles. The van der Waals surface area contributed by atoms with Crippen LogP contribution >= 0.6 is 7.60 Å². The lowest BCUT2D eigenvalue weighted by molar-refractivity contribution is 0.342. The number of ether oxygens (including phenoxy) is 1. The van der Waals surface area contributed by atoms with Gasteiger partial charge < -0.3 is 14.2 Å². The van der Waals surface area contributed by atoms with Crippen LogP contribution in [0, 0.1) is 0 Å². The molecule has 0 bridgehead atoms. The van der Waals surface area contributed by atoms with E-state index in [2.05, 4.69) is 5.32 Å². The van der Waals surface area contributed by atoms with E-state index >= 15 is 0 Å². The van der Waals surface area contributed by atoms with Gasteiger partial charge in [-0.1, -0.05) is 6.92 Å². The Kier molecular flexibility index (Phi) is 3.41. The first-order chi connectivity index (χ1) is 8.44. The Balaban J connectivity index is 2.46. The lowest BCUT2D eigenvalue weighted by Crippen LogP contribution is -2.37. The van der Waals surface area contributed by atoms with Crippen molar-refractivity contribution in [1.82, 2.24) is 5.32 Å². The number of fused-ring (bicyclic) bond motifs is 1. The van der Waals surface area contributed by atoms with Crippen molar-refractivity contribution in [1.29, 1.82) is 0 Å². The van der Waals surface area contributed by atoms with E-state index in [1.165, 1.54) is 0 Å². The van der Waals surface area contributed by atoms with Crippen LogP contribution in [0.5, 0.6) is 11.5 Å². The topological polar surface area (TPSA) is 67.8 Å². The Morgan fingerprint density at radius 2 is 2.28 bits per heavy atom. The molecule has 0 radical (unpaired) electrons. The van der Waals surface area contributed by atoms with Crippen molar-refractivity contribution in [3.63, 3.8) is 0 Å². The second-order valence-electron chi connectivity index (χ2n) is 4.47. The van der Waals surface area contributed by atoms with Gasteiger partial charge in [0, 0.05) is 11.6 Å². The highest BCUT2D eigenvalue weighted by Gasteiger charge is 2.54. The van der Waals surface area contributed by atoms with Crippen molar-refractivity contribution >= 4 is 7.60 Å². The maximum absolute atomic E-state index is 12.3. The van der Waals surface area contributed by atoms with Gasteiger partial charge in [0.15, 0.2) is 5.28 Å². The highest BCUT2D eigenvalue weighted by atomic mass is 31.2. The van der Waals surface area contributed by atoms with Crippen molar-refractivity contribution < 1.29 is 18.7 Å². The van der Waals surface area contributed by atoms with Gasteiger partial charge in [-0.05, 0) is 32.0 Å². The predicted octanol–water partition coefficient (Wildman–Crippen LogP) is 2.45. The van der Waals surface area contributed by atoms with E-state index in [9.17, 15) is 9.46 Å². The lowest BCUT2D eigenvalue weighted by Gasteiger charge is -2.26. The summed E-state index contributed by atoms with van der Waals surface area (Å²) in [7, 11) is -2.23. The van der Waals surface area contributed by atoms with Gasteiger partial charge in [0.2, 0.25) is 0 Å². The lowest BCUT2D eigenvalue weighted by atomic mass is 10.1. The molecule has 0 aliphatic carbocycles. The van der Waals surface area contributed by atoms with Gasteiger partial charge in [-0.2, -0.15) is 0 Å². The van der Waals surface area contributed by atoms with Crippen molar-refractivity contribution in [3.05, 3.63) is 23.8 Å². The van der Waals surface area contributed by atoms with Gasteiger partial charge >= 0.3 is 7.60 Å². The van der Waals surface area contributed by atoms with Crippen molar-refractivity contribution in [3.8, 4) is 11.5 Å². The molecule has 100 valence electrons. The van der Waals surface area contributed by atoms with Crippen molar-refractivity contribution in [2.45, 2.75) is 25.5 Å². The summed E-state index contributed by atoms with van der Waals surface area (Å²) in [5.74, 6) is 1.01. The zero-order valence-electron chi connectivity index (χ0n) is 10.8. The molecule has 2 unspecified atom stereocenters. The number of rotatable bonds is 4. The molecular weight excluding hydrogens is 253 g/mol. The fourth-order valence-electron chi connectivity index (χ4n) is 2.05. The summed E-state index contributed by atoms with van der Waals surface area (Å²) in [6.45, 7) is 4.35. The van der Waals surface area contributed by atoms with Gasteiger partial charge in [0.25, 0.3) is 0 Å². The molecule has 1 aliphatic heterocycles. The van der Waals surface area contributed by atoms with Crippen LogP contribution in [0.2, 0.25) is 0 Å². The minimum atomic E-state index is -3.77. The minimum Gasteiger partial charge on any atom is -0.497 e. The molecule has 1 aromatic carbocycles. The van der Waals surface area contributed by atoms with Crippen LogP contribution < -0.4 is 14.6 Å². The molecule has 2 N–H and O–H groups in total. The first-order valence-corrected chi connectivity index (χ1v) is 7.48. The monoisotopic (exact) mass is 271 g/mol. The van der Waals surface area contributed by atoms with Crippen molar-refractivity contribution in [2.24, 2.45) is 0 Å². The Bertz CT molecular complexity index is 505. The average Bonchev–Trinajstić information content (AvgIpc) is 2.54. The van der Waals surface area contributed by atoms with E-state index in [4.69, 9.17) is 9.26 Å². The molecule has 2 atom stereocenters. The standard InChI is InChI=1S/C12H18NO4P/c1-4-7-13-12(2)10-6-5-9(16-3)8-11(10)17-18(12,14)15/h5-6,8,13H,4,7H2,1-3H3,(H,14,15). The zero-order valence-corrected chi connectivity index (χ0v) is 11.7. The quantitative estimate of drug-likeness (QED) is 0.823. The molecule has 0 amide bonds. The maximum Gasteiger partial charge on any atom is 0.400 e. The first kappa shape index (κ1) is 13.4. The molecule has 18 heavy (non-hydrogen) atoms. The normalized spacial score (nSPS) is 29.8. The minimum absolute atomic E-state index is 0.409. The molecule has 1 aromatic rings. The summed E-state index contributed by atoms with van der Waals surface area (Å²) in [5, 5.41) is 2.06. The molecule has 0 aromatic heterocycles. The third-order valence-corrected chi connectivity index (χ3v) is 5.19. The van der Waals surface area contributed by atoms with E-state index in [0.29, 0.717) is 23.6 Å². The number of methoxy groups -OCH3 is 1. The first-order valence-electron chi connectivity index (χ1n) is 5.90. The van der Waals surface area contributed by atoms with Crippen LogP contribution in [0.15, 0.2) is 18.2 Å². The van der Waals surface area contributed by atoms with Crippen LogP contribution in [0.4, 0.5) is 0 Å². The molecule has 0 spiro atoms. The summed E-state index contributed by atoms with van der Waals surface area (Å²) < 4.78 is 22.6. The van der Waals surface area contributed by atoms with E-state index < -0.39 is 12.9 Å². The fourth-order valence-corrected chi connectivity index (χ4v) is 3.45. The third kappa shape index (κ3) is 1.92. The van der Waals surface area contributed by atoms with E-state index in [1.54, 1.807) is 32.2 Å². The van der Waals surface area contributed by atoms with Crippen LogP contribution in [0.3, 0.4) is 0 Å². The molecular formula is C12H18NO4P. The predicted molar refractivity (Wildman–Crippen MR) is 69.1 cm³/mol. The third-order valence-electron chi connectivity index (χ3n) is 3.22. The second kappa shape index (κ2) is 4.57. The summed E-state index contributed by atoms with van der Waals surface area (Å²) in [6.07, 6.45) is 0.876. The molecule has 6 heteroatoms. The average molecular weight is 271 g/mol. The van der Waals surface area contributed by atoms with Crippen LogP contribution in [-0.2, 0) is 9.85 Å². The Morgan fingerprint density at radius 1 is 1.56 bits per heavy atom. The van der Waals surface area contributed by atoms with E-state index in [0.717, 1.165) is 6.42 Å². The number of hydrogen-bond acceptors (Lipinski definition) is 4.